The summed E-state index contributed by atoms with van der Waals surface area (Å²) in [6.45, 7) is 2.68. The Morgan fingerprint density at radius 1 is 1.33 bits per heavy atom. The third-order valence-corrected chi connectivity index (χ3v) is 3.87. The van der Waals surface area contributed by atoms with Crippen molar-refractivity contribution in [3.63, 3.8) is 0 Å². The zero-order valence-electron chi connectivity index (χ0n) is 10.7. The first-order valence-corrected chi connectivity index (χ1v) is 6.94. The number of methoxy groups -OCH3 is 1. The van der Waals surface area contributed by atoms with E-state index in [1.165, 1.54) is 0 Å². The van der Waals surface area contributed by atoms with Crippen molar-refractivity contribution in [1.82, 2.24) is 4.98 Å². The monoisotopic (exact) mass is 262 g/mol. The standard InChI is InChI=1S/C14H18N2OS/c1-3-13(17-2)14-16-12(9-18-14)11-6-4-10(8-15)5-7-11/h4-7,9,13H,3,8,15H2,1-2H3. The molecule has 0 amide bonds. The lowest BCUT2D eigenvalue weighted by Gasteiger charge is -2.08. The number of benzene rings is 1. The van der Waals surface area contributed by atoms with Crippen LogP contribution in [0.1, 0.15) is 30.0 Å². The fourth-order valence-electron chi connectivity index (χ4n) is 1.82. The number of thiazole rings is 1. The van der Waals surface area contributed by atoms with Gasteiger partial charge in [-0.1, -0.05) is 31.2 Å². The van der Waals surface area contributed by atoms with Gasteiger partial charge in [0.25, 0.3) is 0 Å². The molecule has 1 atom stereocenters. The van der Waals surface area contributed by atoms with Gasteiger partial charge >= 0.3 is 0 Å². The van der Waals surface area contributed by atoms with Gasteiger partial charge in [-0.15, -0.1) is 11.3 Å². The molecule has 4 heteroatoms. The molecule has 0 radical (unpaired) electrons. The van der Waals surface area contributed by atoms with Crippen LogP contribution in [0.25, 0.3) is 11.3 Å². The third kappa shape index (κ3) is 2.77. The van der Waals surface area contributed by atoms with E-state index in [2.05, 4.69) is 29.4 Å². The van der Waals surface area contributed by atoms with Gasteiger partial charge in [0.1, 0.15) is 11.1 Å². The molecule has 96 valence electrons. The van der Waals surface area contributed by atoms with E-state index >= 15 is 0 Å². The third-order valence-electron chi connectivity index (χ3n) is 2.94. The Balaban J connectivity index is 2.23. The van der Waals surface area contributed by atoms with Crippen molar-refractivity contribution < 1.29 is 4.74 Å². The van der Waals surface area contributed by atoms with Gasteiger partial charge in [0.05, 0.1) is 5.69 Å². The summed E-state index contributed by atoms with van der Waals surface area (Å²) in [5.41, 5.74) is 8.86. The largest absolute Gasteiger partial charge is 0.374 e. The fraction of sp³-hybridized carbons (Fsp3) is 0.357. The number of rotatable bonds is 5. The van der Waals surface area contributed by atoms with Crippen LogP contribution >= 0.6 is 11.3 Å². The highest BCUT2D eigenvalue weighted by Gasteiger charge is 2.13. The number of nitrogens with two attached hydrogens (primary N) is 1. The van der Waals surface area contributed by atoms with Gasteiger partial charge < -0.3 is 10.5 Å². The van der Waals surface area contributed by atoms with E-state index in [0.29, 0.717) is 6.54 Å². The van der Waals surface area contributed by atoms with E-state index in [0.717, 1.165) is 28.2 Å². The lowest BCUT2D eigenvalue weighted by molar-refractivity contribution is 0.0998. The average Bonchev–Trinajstić information content (AvgIpc) is 2.90. The molecule has 0 spiro atoms. The summed E-state index contributed by atoms with van der Waals surface area (Å²) >= 11 is 1.65. The smallest absolute Gasteiger partial charge is 0.122 e. The van der Waals surface area contributed by atoms with E-state index in [1.807, 2.05) is 12.1 Å². The lowest BCUT2D eigenvalue weighted by Crippen LogP contribution is -1.98. The zero-order valence-corrected chi connectivity index (χ0v) is 11.5. The average molecular weight is 262 g/mol. The maximum Gasteiger partial charge on any atom is 0.122 e. The van der Waals surface area contributed by atoms with Gasteiger partial charge in [-0.3, -0.25) is 0 Å². The molecule has 1 aromatic carbocycles. The second kappa shape index (κ2) is 6.09. The van der Waals surface area contributed by atoms with Crippen molar-refractivity contribution in [3.05, 3.63) is 40.2 Å². The Labute approximate surface area is 112 Å². The first-order chi connectivity index (χ1) is 8.78. The molecule has 0 aliphatic carbocycles. The summed E-state index contributed by atoms with van der Waals surface area (Å²) < 4.78 is 5.40. The predicted molar refractivity (Wildman–Crippen MR) is 75.5 cm³/mol. The molecule has 0 fully saturated rings. The van der Waals surface area contributed by atoms with Crippen molar-refractivity contribution >= 4 is 11.3 Å². The van der Waals surface area contributed by atoms with Crippen LogP contribution in [-0.2, 0) is 11.3 Å². The molecule has 2 aromatic rings. The van der Waals surface area contributed by atoms with Gasteiger partial charge in [-0.05, 0) is 12.0 Å². The molecular weight excluding hydrogens is 244 g/mol. The van der Waals surface area contributed by atoms with Gasteiger partial charge in [0, 0.05) is 24.6 Å². The van der Waals surface area contributed by atoms with E-state index in [4.69, 9.17) is 10.5 Å². The Morgan fingerprint density at radius 3 is 2.61 bits per heavy atom. The summed E-state index contributed by atoms with van der Waals surface area (Å²) in [5.74, 6) is 0. The molecule has 0 saturated carbocycles. The molecular formula is C14H18N2OS. The van der Waals surface area contributed by atoms with E-state index in [-0.39, 0.29) is 6.10 Å². The molecule has 1 heterocycles. The summed E-state index contributed by atoms with van der Waals surface area (Å²) in [7, 11) is 1.73. The van der Waals surface area contributed by atoms with Gasteiger partial charge in [-0.2, -0.15) is 0 Å². The summed E-state index contributed by atoms with van der Waals surface area (Å²) in [6.07, 6.45) is 1.04. The van der Waals surface area contributed by atoms with Crippen LogP contribution in [0.4, 0.5) is 0 Å². The van der Waals surface area contributed by atoms with Crippen LogP contribution in [0.3, 0.4) is 0 Å². The maximum absolute atomic E-state index is 5.59. The fourth-order valence-corrected chi connectivity index (χ4v) is 2.81. The van der Waals surface area contributed by atoms with E-state index in [9.17, 15) is 0 Å². The van der Waals surface area contributed by atoms with Crippen LogP contribution in [-0.4, -0.2) is 12.1 Å². The number of nitrogens with zero attached hydrogens (tertiary/aromatic N) is 1. The minimum absolute atomic E-state index is 0.104. The molecule has 1 unspecified atom stereocenters. The van der Waals surface area contributed by atoms with Crippen molar-refractivity contribution in [2.75, 3.05) is 7.11 Å². The Hall–Kier alpha value is -1.23. The molecule has 0 bridgehead atoms. The zero-order chi connectivity index (χ0) is 13.0. The predicted octanol–water partition coefficient (Wildman–Crippen LogP) is 3.37. The minimum Gasteiger partial charge on any atom is -0.374 e. The normalized spacial score (nSPS) is 12.6. The molecule has 3 nitrogen and oxygen atoms in total. The first kappa shape index (κ1) is 13.2. The summed E-state index contributed by atoms with van der Waals surface area (Å²) in [4.78, 5) is 4.64. The van der Waals surface area contributed by atoms with Crippen LogP contribution in [0.2, 0.25) is 0 Å². The molecule has 0 saturated heterocycles. The molecule has 2 rings (SSSR count). The molecule has 1 aromatic heterocycles. The highest BCUT2D eigenvalue weighted by Crippen LogP contribution is 2.28. The van der Waals surface area contributed by atoms with Crippen LogP contribution in [0.15, 0.2) is 29.6 Å². The highest BCUT2D eigenvalue weighted by molar-refractivity contribution is 7.10. The number of hydrogen-bond acceptors (Lipinski definition) is 4. The highest BCUT2D eigenvalue weighted by atomic mass is 32.1. The number of aromatic nitrogens is 1. The second-order valence-electron chi connectivity index (χ2n) is 4.10. The Kier molecular flexibility index (Phi) is 4.47. The maximum atomic E-state index is 5.59. The van der Waals surface area contributed by atoms with Crippen LogP contribution in [0.5, 0.6) is 0 Å². The Bertz CT molecular complexity index is 489. The second-order valence-corrected chi connectivity index (χ2v) is 4.99. The summed E-state index contributed by atoms with van der Waals surface area (Å²) in [5, 5.41) is 3.12. The minimum atomic E-state index is 0.104. The SMILES string of the molecule is CCC(OC)c1nc(-c2ccc(CN)cc2)cs1. The van der Waals surface area contributed by atoms with E-state index < -0.39 is 0 Å². The first-order valence-electron chi connectivity index (χ1n) is 6.06. The summed E-state index contributed by atoms with van der Waals surface area (Å²) in [6, 6.07) is 8.22. The van der Waals surface area contributed by atoms with Crippen molar-refractivity contribution in [2.45, 2.75) is 26.0 Å². The van der Waals surface area contributed by atoms with Crippen molar-refractivity contribution in [1.29, 1.82) is 0 Å². The van der Waals surface area contributed by atoms with Gasteiger partial charge in [0.15, 0.2) is 0 Å². The number of ether oxygens (including phenoxy) is 1. The topological polar surface area (TPSA) is 48.1 Å². The van der Waals surface area contributed by atoms with Crippen molar-refractivity contribution in [3.8, 4) is 11.3 Å². The molecule has 0 aliphatic heterocycles. The number of hydrogen-bond donors (Lipinski definition) is 1. The van der Waals surface area contributed by atoms with Gasteiger partial charge in [-0.25, -0.2) is 4.98 Å². The van der Waals surface area contributed by atoms with E-state index in [1.54, 1.807) is 18.4 Å². The molecule has 2 N–H and O–H groups in total. The Morgan fingerprint density at radius 2 is 2.06 bits per heavy atom. The van der Waals surface area contributed by atoms with Crippen LogP contribution < -0.4 is 5.73 Å². The van der Waals surface area contributed by atoms with Crippen molar-refractivity contribution in [2.24, 2.45) is 5.73 Å². The molecule has 18 heavy (non-hydrogen) atoms. The molecule has 0 aliphatic rings. The van der Waals surface area contributed by atoms with Gasteiger partial charge in [0.2, 0.25) is 0 Å². The quantitative estimate of drug-likeness (QED) is 0.898. The lowest BCUT2D eigenvalue weighted by atomic mass is 10.1. The van der Waals surface area contributed by atoms with Crippen LogP contribution in [0, 0.1) is 0 Å².